The van der Waals surface area contributed by atoms with Crippen LogP contribution >= 0.6 is 0 Å². The molecule has 0 aliphatic carbocycles. The minimum atomic E-state index is -0.232. The van der Waals surface area contributed by atoms with Crippen molar-refractivity contribution >= 4 is 0 Å². The molecule has 0 bridgehead atoms. The second-order valence-corrected chi connectivity index (χ2v) is 3.39. The minimum Gasteiger partial charge on any atom is -0.372 e. The predicted octanol–water partition coefficient (Wildman–Crippen LogP) is 1.74. The van der Waals surface area contributed by atoms with E-state index in [0.717, 1.165) is 11.1 Å². The van der Waals surface area contributed by atoms with E-state index < -0.39 is 0 Å². The number of fused-ring (bicyclic) bond motifs is 1. The molecule has 13 heavy (non-hydrogen) atoms. The average Bonchev–Trinajstić information content (AvgIpc) is 2.12. The highest BCUT2D eigenvalue weighted by molar-refractivity contribution is 5.32. The Morgan fingerprint density at radius 1 is 1.54 bits per heavy atom. The highest BCUT2D eigenvalue weighted by Gasteiger charge is 2.23. The molecular weight excluding hydrogens is 169 g/mol. The zero-order valence-electron chi connectivity index (χ0n) is 7.46. The summed E-state index contributed by atoms with van der Waals surface area (Å²) in [5.74, 6) is -0.232. The van der Waals surface area contributed by atoms with Gasteiger partial charge in [0.2, 0.25) is 0 Å². The van der Waals surface area contributed by atoms with Gasteiger partial charge in [0.1, 0.15) is 5.82 Å². The zero-order valence-corrected chi connectivity index (χ0v) is 7.46. The van der Waals surface area contributed by atoms with Crippen molar-refractivity contribution in [1.29, 1.82) is 0 Å². The van der Waals surface area contributed by atoms with Crippen molar-refractivity contribution in [2.75, 3.05) is 0 Å². The number of ether oxygens (including phenoxy) is 1. The maximum absolute atomic E-state index is 12.8. The molecule has 1 unspecified atom stereocenters. The van der Waals surface area contributed by atoms with Gasteiger partial charge >= 0.3 is 0 Å². The van der Waals surface area contributed by atoms with Crippen LogP contribution in [0.5, 0.6) is 0 Å². The molecule has 1 aliphatic rings. The first kappa shape index (κ1) is 8.66. The molecule has 3 heteroatoms. The highest BCUT2D eigenvalue weighted by Crippen LogP contribution is 2.27. The highest BCUT2D eigenvalue weighted by atomic mass is 19.1. The number of halogens is 1. The maximum atomic E-state index is 12.8. The first-order valence-electron chi connectivity index (χ1n) is 4.34. The Morgan fingerprint density at radius 3 is 3.08 bits per heavy atom. The minimum absolute atomic E-state index is 0.0120. The second kappa shape index (κ2) is 3.09. The molecule has 0 spiro atoms. The normalized spacial score (nSPS) is 27.0. The molecule has 0 amide bonds. The fraction of sp³-hybridized carbons (Fsp3) is 0.400. The van der Waals surface area contributed by atoms with Gasteiger partial charge in [0.25, 0.3) is 0 Å². The number of nitrogens with two attached hydrogens (primary N) is 1. The van der Waals surface area contributed by atoms with Crippen molar-refractivity contribution in [3.8, 4) is 0 Å². The van der Waals surface area contributed by atoms with Gasteiger partial charge in [-0.15, -0.1) is 0 Å². The van der Waals surface area contributed by atoms with Crippen LogP contribution in [0, 0.1) is 5.82 Å². The Bertz CT molecular complexity index is 327. The number of benzene rings is 1. The summed E-state index contributed by atoms with van der Waals surface area (Å²) in [5.41, 5.74) is 7.76. The molecule has 70 valence electrons. The van der Waals surface area contributed by atoms with E-state index in [4.69, 9.17) is 10.5 Å². The van der Waals surface area contributed by atoms with Crippen molar-refractivity contribution in [2.24, 2.45) is 5.73 Å². The van der Waals surface area contributed by atoms with Gasteiger partial charge in [-0.2, -0.15) is 0 Å². The standard InChI is InChI=1S/C10H12FNO/c1-6-10(12)9-3-2-8(11)4-7(9)5-13-6/h2-4,6,10H,5,12H2,1H3/t6-,10?/m1/s1. The topological polar surface area (TPSA) is 35.2 Å². The Balaban J connectivity index is 2.44. The predicted molar refractivity (Wildman–Crippen MR) is 47.6 cm³/mol. The van der Waals surface area contributed by atoms with Gasteiger partial charge in [0, 0.05) is 0 Å². The van der Waals surface area contributed by atoms with Gasteiger partial charge in [0.15, 0.2) is 0 Å². The van der Waals surface area contributed by atoms with Gasteiger partial charge in [0.05, 0.1) is 18.8 Å². The van der Waals surface area contributed by atoms with E-state index in [2.05, 4.69) is 0 Å². The summed E-state index contributed by atoms with van der Waals surface area (Å²) in [6.07, 6.45) is 0.0120. The lowest BCUT2D eigenvalue weighted by Gasteiger charge is -2.28. The monoisotopic (exact) mass is 181 g/mol. The van der Waals surface area contributed by atoms with Crippen LogP contribution in [0.15, 0.2) is 18.2 Å². The first-order valence-corrected chi connectivity index (χ1v) is 4.34. The third-order valence-corrected chi connectivity index (χ3v) is 2.47. The fourth-order valence-electron chi connectivity index (χ4n) is 1.60. The molecule has 2 rings (SSSR count). The number of hydrogen-bond acceptors (Lipinski definition) is 2. The Kier molecular flexibility index (Phi) is 2.06. The summed E-state index contributed by atoms with van der Waals surface area (Å²) in [5, 5.41) is 0. The SMILES string of the molecule is C[C@H]1OCc2cc(F)ccc2C1N. The van der Waals surface area contributed by atoms with Crippen LogP contribution in [-0.4, -0.2) is 6.10 Å². The quantitative estimate of drug-likeness (QED) is 0.661. The number of hydrogen-bond donors (Lipinski definition) is 1. The molecule has 2 N–H and O–H groups in total. The largest absolute Gasteiger partial charge is 0.372 e. The van der Waals surface area contributed by atoms with E-state index in [0.29, 0.717) is 6.61 Å². The molecule has 0 saturated heterocycles. The molecule has 0 fully saturated rings. The van der Waals surface area contributed by atoms with Crippen LogP contribution in [0.2, 0.25) is 0 Å². The van der Waals surface area contributed by atoms with Gasteiger partial charge in [-0.3, -0.25) is 0 Å². The molecule has 1 aromatic rings. The molecule has 0 saturated carbocycles. The molecule has 1 heterocycles. The van der Waals surface area contributed by atoms with Gasteiger partial charge in [-0.1, -0.05) is 6.07 Å². The van der Waals surface area contributed by atoms with Crippen LogP contribution in [0.4, 0.5) is 4.39 Å². The van der Waals surface area contributed by atoms with E-state index in [-0.39, 0.29) is 18.0 Å². The summed E-state index contributed by atoms with van der Waals surface area (Å²) in [4.78, 5) is 0. The smallest absolute Gasteiger partial charge is 0.123 e. The van der Waals surface area contributed by atoms with Gasteiger partial charge < -0.3 is 10.5 Å². The summed E-state index contributed by atoms with van der Waals surface area (Å²) in [6, 6.07) is 4.54. The summed E-state index contributed by atoms with van der Waals surface area (Å²) < 4.78 is 18.2. The van der Waals surface area contributed by atoms with Crippen LogP contribution in [0.3, 0.4) is 0 Å². The van der Waals surface area contributed by atoms with E-state index >= 15 is 0 Å². The lowest BCUT2D eigenvalue weighted by atomic mass is 9.95. The second-order valence-electron chi connectivity index (χ2n) is 3.39. The van der Waals surface area contributed by atoms with Crippen molar-refractivity contribution < 1.29 is 9.13 Å². The molecule has 1 aromatic carbocycles. The Hall–Kier alpha value is -0.930. The molecule has 1 aliphatic heterocycles. The molecule has 0 radical (unpaired) electrons. The summed E-state index contributed by atoms with van der Waals surface area (Å²) in [6.45, 7) is 2.39. The first-order chi connectivity index (χ1) is 6.18. The molecule has 0 aromatic heterocycles. The molecule has 2 atom stereocenters. The van der Waals surface area contributed by atoms with Crippen LogP contribution in [-0.2, 0) is 11.3 Å². The average molecular weight is 181 g/mol. The molecular formula is C10H12FNO. The number of rotatable bonds is 0. The van der Waals surface area contributed by atoms with Crippen molar-refractivity contribution in [2.45, 2.75) is 25.7 Å². The molecule has 2 nitrogen and oxygen atoms in total. The lowest BCUT2D eigenvalue weighted by Crippen LogP contribution is -2.31. The van der Waals surface area contributed by atoms with Crippen molar-refractivity contribution in [3.05, 3.63) is 35.1 Å². The maximum Gasteiger partial charge on any atom is 0.123 e. The Morgan fingerprint density at radius 2 is 2.31 bits per heavy atom. The summed E-state index contributed by atoms with van der Waals surface area (Å²) in [7, 11) is 0. The third kappa shape index (κ3) is 1.45. The van der Waals surface area contributed by atoms with Crippen molar-refractivity contribution in [3.63, 3.8) is 0 Å². The van der Waals surface area contributed by atoms with Crippen LogP contribution in [0.1, 0.15) is 24.1 Å². The van der Waals surface area contributed by atoms with E-state index in [1.54, 1.807) is 6.07 Å². The van der Waals surface area contributed by atoms with Crippen LogP contribution < -0.4 is 5.73 Å². The Labute approximate surface area is 76.5 Å². The van der Waals surface area contributed by atoms with E-state index in [1.807, 2.05) is 6.92 Å². The summed E-state index contributed by atoms with van der Waals surface area (Å²) >= 11 is 0. The van der Waals surface area contributed by atoms with Gasteiger partial charge in [-0.05, 0) is 30.2 Å². The van der Waals surface area contributed by atoms with Crippen molar-refractivity contribution in [1.82, 2.24) is 0 Å². The lowest BCUT2D eigenvalue weighted by molar-refractivity contribution is 0.0212. The fourth-order valence-corrected chi connectivity index (χ4v) is 1.60. The van der Waals surface area contributed by atoms with E-state index in [1.165, 1.54) is 12.1 Å². The van der Waals surface area contributed by atoms with E-state index in [9.17, 15) is 4.39 Å². The van der Waals surface area contributed by atoms with Gasteiger partial charge in [-0.25, -0.2) is 4.39 Å². The zero-order chi connectivity index (χ0) is 9.42. The third-order valence-electron chi connectivity index (χ3n) is 2.47. The van der Waals surface area contributed by atoms with Crippen LogP contribution in [0.25, 0.3) is 0 Å².